The molecule has 7 aromatic heterocycles. The van der Waals surface area contributed by atoms with E-state index in [4.69, 9.17) is 32.9 Å². The molecule has 3 amide bonds. The number of hydrogen-bond acceptors (Lipinski definition) is 18. The number of nitrogens with one attached hydrogen (secondary N) is 3. The Hall–Kier alpha value is -13.1. The highest BCUT2D eigenvalue weighted by Gasteiger charge is 2.46. The van der Waals surface area contributed by atoms with Gasteiger partial charge in [0.15, 0.2) is 0 Å². The van der Waals surface area contributed by atoms with E-state index < -0.39 is 36.3 Å². The van der Waals surface area contributed by atoms with Crippen LogP contribution in [-0.2, 0) is 39.7 Å². The molecule has 110 heavy (non-hydrogen) atoms. The fourth-order valence-corrected chi connectivity index (χ4v) is 13.5. The lowest BCUT2D eigenvalue weighted by Gasteiger charge is -2.29. The van der Waals surface area contributed by atoms with Gasteiger partial charge in [-0.25, -0.2) is 33.1 Å². The molecule has 4 saturated carbocycles. The topological polar surface area (TPSA) is 353 Å². The van der Waals surface area contributed by atoms with Gasteiger partial charge in [0, 0.05) is 143 Å². The van der Waals surface area contributed by atoms with Crippen molar-refractivity contribution in [3.05, 3.63) is 213 Å². The first kappa shape index (κ1) is 75.2. The average molecular weight is 1480 g/mol. The number of fused-ring (bicyclic) bond motifs is 4. The van der Waals surface area contributed by atoms with Crippen molar-refractivity contribution < 1.29 is 37.1 Å². The number of hydrogen-bond donors (Lipinski definition) is 7. The summed E-state index contributed by atoms with van der Waals surface area (Å²) >= 11 is 0. The van der Waals surface area contributed by atoms with E-state index in [1.165, 1.54) is 14.7 Å². The number of nitrogens with zero attached hydrogens (tertiary/aromatic N) is 9. The lowest BCUT2D eigenvalue weighted by molar-refractivity contribution is -0.120. The molecule has 26 heteroatoms. The maximum atomic E-state index is 13.1. The summed E-state index contributed by atoms with van der Waals surface area (Å²) in [5, 5.41) is 23.4. The van der Waals surface area contributed by atoms with Crippen LogP contribution >= 0.6 is 0 Å². The van der Waals surface area contributed by atoms with Crippen molar-refractivity contribution in [3.63, 3.8) is 0 Å². The molecular weight excluding hydrogens is 1400 g/mol. The molecule has 23 nitrogen and oxygen atoms in total. The van der Waals surface area contributed by atoms with Gasteiger partial charge in [-0.2, -0.15) is 5.26 Å². The third-order valence-corrected chi connectivity index (χ3v) is 20.5. The van der Waals surface area contributed by atoms with Crippen molar-refractivity contribution >= 4 is 112 Å². The molecule has 4 aliphatic carbocycles. The number of ketones is 1. The fourth-order valence-electron chi connectivity index (χ4n) is 13.5. The smallest absolute Gasteiger partial charge is 0.258 e. The van der Waals surface area contributed by atoms with E-state index >= 15 is 0 Å². The standard InChI is InChI=1S/C23H23N5O.C21H20FN3O2.2C20H19FN4O2/c1-4-14-6-5-13(2)28(3)22(14)16-7-15-10-21(26-12-19(15)20(25)9-16)27-23(29)18-8-17(18)11-24;1-11-15(3-4-21(25-11)27-2)13-5-12-6-14(8-20(26)16-9-18(16)22)24-10-17(12)19(23)7-13;2*1-10-3-4-25(2)20(27)18(10)12-5-11-7-17(23-9-14(11)16(22)6-12)24-19(26)13-8-15(13)21/h5-7,9-10,12,17-18H,2,4,8,25H2,1,3H3,(H,26,27,29);3-7,10,16,18H,8-9,23H2,1-2H3;2*3-7,9,13,15H,8,22H2,1-2H3,(H,23,24,26)/t17-,18+;16-,18+;13-,15+;13-,15-/m0111/s1. The van der Waals surface area contributed by atoms with Crippen molar-refractivity contribution in [1.82, 2.24) is 39.0 Å². The number of allylic oxidation sites excluding steroid dienone is 3. The van der Waals surface area contributed by atoms with E-state index in [-0.39, 0.29) is 65.7 Å². The number of amides is 3. The Morgan fingerprint density at radius 2 is 0.982 bits per heavy atom. The number of aryl methyl sites for hydroxylation is 5. The van der Waals surface area contributed by atoms with Gasteiger partial charge in [0.2, 0.25) is 23.6 Å². The molecule has 8 heterocycles. The third kappa shape index (κ3) is 16.0. The third-order valence-electron chi connectivity index (χ3n) is 20.5. The summed E-state index contributed by atoms with van der Waals surface area (Å²) in [5.74, 6) is -1.34. The summed E-state index contributed by atoms with van der Waals surface area (Å²) in [4.78, 5) is 96.9. The van der Waals surface area contributed by atoms with Crippen LogP contribution in [0.15, 0.2) is 174 Å². The molecular formula is C84H81F3N16O7. The average Bonchev–Trinajstić information content (AvgIpc) is 1.20. The maximum absolute atomic E-state index is 13.1. The lowest BCUT2D eigenvalue weighted by Crippen LogP contribution is -2.19. The molecule has 0 unspecified atom stereocenters. The van der Waals surface area contributed by atoms with E-state index in [0.717, 1.165) is 94.4 Å². The molecule has 8 atom stereocenters. The highest BCUT2D eigenvalue weighted by Crippen LogP contribution is 2.42. The zero-order chi connectivity index (χ0) is 78.4. The normalized spacial score (nSPS) is 19.1. The number of benzene rings is 4. The van der Waals surface area contributed by atoms with Gasteiger partial charge in [0.05, 0.1) is 59.6 Å². The largest absolute Gasteiger partial charge is 0.481 e. The van der Waals surface area contributed by atoms with E-state index in [2.05, 4.69) is 77.5 Å². The number of carbonyl (C=O) groups excluding carboxylic acids is 4. The number of nitrogen functional groups attached to an aromatic ring is 4. The Labute approximate surface area is 630 Å². The van der Waals surface area contributed by atoms with Gasteiger partial charge >= 0.3 is 0 Å². The second-order valence-corrected chi connectivity index (χ2v) is 28.5. The van der Waals surface area contributed by atoms with Crippen LogP contribution < -0.4 is 54.7 Å². The molecule has 16 rings (SSSR count). The molecule has 0 spiro atoms. The quantitative estimate of drug-likeness (QED) is 0.0469. The van der Waals surface area contributed by atoms with Crippen molar-refractivity contribution in [2.45, 2.75) is 84.7 Å². The number of alkyl halides is 3. The Balaban J connectivity index is 0.000000129. The molecule has 1 aliphatic heterocycles. The minimum Gasteiger partial charge on any atom is -0.481 e. The van der Waals surface area contributed by atoms with E-state index in [1.807, 2.05) is 101 Å². The molecule has 4 fully saturated rings. The van der Waals surface area contributed by atoms with Gasteiger partial charge in [0.1, 0.15) is 41.8 Å². The molecule has 4 aromatic carbocycles. The monoisotopic (exact) mass is 1480 g/mol. The van der Waals surface area contributed by atoms with Crippen LogP contribution in [0, 0.1) is 61.7 Å². The second kappa shape index (κ2) is 30.7. The highest BCUT2D eigenvalue weighted by molar-refractivity contribution is 6.04. The van der Waals surface area contributed by atoms with E-state index in [9.17, 15) is 41.9 Å². The molecule has 11 N–H and O–H groups in total. The van der Waals surface area contributed by atoms with Crippen molar-refractivity contribution in [2.24, 2.45) is 43.7 Å². The van der Waals surface area contributed by atoms with Crippen molar-refractivity contribution in [1.29, 1.82) is 5.26 Å². The number of ether oxygens (including phenoxy) is 1. The zero-order valence-corrected chi connectivity index (χ0v) is 61.8. The first-order valence-electron chi connectivity index (χ1n) is 35.8. The number of likely N-dealkylation sites (N-methyl/N-ethyl adjacent to an activating group) is 1. The summed E-state index contributed by atoms with van der Waals surface area (Å²) < 4.78 is 47.4. The van der Waals surface area contributed by atoms with Crippen LogP contribution in [-0.4, -0.2) is 95.1 Å². The number of Topliss-reactive ketones (excluding diaryl/α,β-unsaturated/α-hetero) is 1. The summed E-state index contributed by atoms with van der Waals surface area (Å²) in [7, 11) is 6.97. The van der Waals surface area contributed by atoms with Gasteiger partial charge in [0.25, 0.3) is 11.1 Å². The summed E-state index contributed by atoms with van der Waals surface area (Å²) in [6, 6.07) is 31.8. The number of aromatic nitrogens is 7. The lowest BCUT2D eigenvalue weighted by atomic mass is 9.96. The number of halogens is 3. The number of rotatable bonds is 15. The first-order valence-corrected chi connectivity index (χ1v) is 35.8. The zero-order valence-electron chi connectivity index (χ0n) is 61.8. The predicted molar refractivity (Wildman–Crippen MR) is 424 cm³/mol. The Morgan fingerprint density at radius 1 is 0.564 bits per heavy atom. The molecule has 0 saturated heterocycles. The fraction of sp³-hybridized carbons (Fsp3) is 0.262. The van der Waals surface area contributed by atoms with Gasteiger partial charge in [-0.3, -0.25) is 33.8 Å². The number of anilines is 7. The van der Waals surface area contributed by atoms with Crippen LogP contribution in [0.3, 0.4) is 0 Å². The molecule has 0 bridgehead atoms. The molecule has 560 valence electrons. The maximum Gasteiger partial charge on any atom is 0.258 e. The van der Waals surface area contributed by atoms with Gasteiger partial charge < -0.3 is 57.7 Å². The van der Waals surface area contributed by atoms with Crippen LogP contribution in [0.25, 0.3) is 82.2 Å². The molecule has 5 aliphatic rings. The van der Waals surface area contributed by atoms with E-state index in [1.54, 1.807) is 82.7 Å². The Morgan fingerprint density at radius 3 is 1.41 bits per heavy atom. The Kier molecular flexibility index (Phi) is 21.0. The van der Waals surface area contributed by atoms with Crippen LogP contribution in [0.4, 0.5) is 53.4 Å². The van der Waals surface area contributed by atoms with Crippen LogP contribution in [0.5, 0.6) is 5.88 Å². The van der Waals surface area contributed by atoms with Crippen LogP contribution in [0.2, 0.25) is 0 Å². The number of nitriles is 1. The number of carbonyl (C=O) groups is 4. The first-order chi connectivity index (χ1) is 52.6. The SMILES string of the molecule is C=C1C=CC(CC)=C(c2cc(N)c3cnc(NC(=O)[C@@H]4C[C@H]4C#N)cc3c2)N1C.COc1ccc(-c2cc(N)c3cnc(CC(=O)[C@@H]4C[C@@H]4F)cc3c2)c(C)n1.Cc1ccn(C)c(=O)c1-c1cc(N)c2cnc(NC(=O)[C@@H]3C[C@@H]3F)cc2c1.Cc1ccn(C)c(=O)c1-c1cc(N)c2cnc(NC(=O)[C@@H]3C[C@H]3F)cc2c1. The highest BCUT2D eigenvalue weighted by atomic mass is 19.1. The summed E-state index contributed by atoms with van der Waals surface area (Å²) in [6.07, 6.45) is 13.4. The molecule has 0 radical (unpaired) electrons. The number of methoxy groups -OCH3 is 1. The van der Waals surface area contributed by atoms with Crippen molar-refractivity contribution in [3.8, 4) is 45.3 Å². The second-order valence-electron chi connectivity index (χ2n) is 28.5. The summed E-state index contributed by atoms with van der Waals surface area (Å²) in [5.41, 5.74) is 38.7. The Bertz CT molecular complexity index is 5710. The van der Waals surface area contributed by atoms with Gasteiger partial charge in [-0.1, -0.05) is 19.6 Å². The van der Waals surface area contributed by atoms with Gasteiger partial charge in [-0.05, 0) is 205 Å². The minimum atomic E-state index is -1.06. The summed E-state index contributed by atoms with van der Waals surface area (Å²) in [6.45, 7) is 11.9. The van der Waals surface area contributed by atoms with Crippen molar-refractivity contribution in [2.75, 3.05) is 53.0 Å². The van der Waals surface area contributed by atoms with E-state index in [0.29, 0.717) is 86.9 Å². The minimum absolute atomic E-state index is 0.0892. The number of pyridine rings is 7. The number of nitrogens with two attached hydrogens (primary N) is 4. The molecule has 11 aromatic rings. The van der Waals surface area contributed by atoms with Crippen LogP contribution in [0.1, 0.15) is 67.1 Å². The van der Waals surface area contributed by atoms with Gasteiger partial charge in [-0.15, -0.1) is 0 Å². The predicted octanol–water partition coefficient (Wildman–Crippen LogP) is 13.3.